The first-order valence-corrected chi connectivity index (χ1v) is 7.98. The normalized spacial score (nSPS) is 11.5. The summed E-state index contributed by atoms with van der Waals surface area (Å²) in [5, 5.41) is 3.38. The predicted octanol–water partition coefficient (Wildman–Crippen LogP) is 3.24. The van der Waals surface area contributed by atoms with E-state index in [0.29, 0.717) is 12.5 Å². The Morgan fingerprint density at radius 1 is 1.29 bits per heavy atom. The molecule has 0 fully saturated rings. The van der Waals surface area contributed by atoms with Gasteiger partial charge in [-0.2, -0.15) is 0 Å². The molecule has 1 N–H and O–H groups in total. The van der Waals surface area contributed by atoms with Gasteiger partial charge in [0.25, 0.3) is 0 Å². The predicted molar refractivity (Wildman–Crippen MR) is 88.0 cm³/mol. The maximum absolute atomic E-state index is 5.58. The minimum atomic E-state index is 0.604. The second-order valence-corrected chi connectivity index (χ2v) is 5.72. The summed E-state index contributed by atoms with van der Waals surface area (Å²) in [7, 11) is 0. The highest BCUT2D eigenvalue weighted by atomic mass is 16.5. The lowest BCUT2D eigenvalue weighted by Crippen LogP contribution is -2.19. The first kappa shape index (κ1) is 15.8. The number of nitrogens with zero attached hydrogens (tertiary/aromatic N) is 2. The van der Waals surface area contributed by atoms with Crippen molar-refractivity contribution >= 4 is 11.0 Å². The third kappa shape index (κ3) is 3.97. The third-order valence-corrected chi connectivity index (χ3v) is 3.43. The van der Waals surface area contributed by atoms with Crippen LogP contribution in [0.25, 0.3) is 11.0 Å². The molecule has 0 spiro atoms. The van der Waals surface area contributed by atoms with Gasteiger partial charge in [-0.05, 0) is 31.5 Å². The highest BCUT2D eigenvalue weighted by Gasteiger charge is 2.12. The van der Waals surface area contributed by atoms with Crippen molar-refractivity contribution in [3.05, 3.63) is 24.0 Å². The Morgan fingerprint density at radius 3 is 2.76 bits per heavy atom. The number of fused-ring (bicyclic) bond motifs is 1. The van der Waals surface area contributed by atoms with E-state index in [0.717, 1.165) is 43.1 Å². The average molecular weight is 289 g/mol. The van der Waals surface area contributed by atoms with Crippen molar-refractivity contribution in [2.24, 2.45) is 5.92 Å². The van der Waals surface area contributed by atoms with Gasteiger partial charge in [0.05, 0.1) is 17.6 Å². The summed E-state index contributed by atoms with van der Waals surface area (Å²) < 4.78 is 7.94. The van der Waals surface area contributed by atoms with Crippen LogP contribution in [0.1, 0.15) is 33.5 Å². The van der Waals surface area contributed by atoms with Gasteiger partial charge in [-0.15, -0.1) is 0 Å². The molecule has 0 aliphatic carbocycles. The van der Waals surface area contributed by atoms with Crippen LogP contribution in [0.15, 0.2) is 18.2 Å². The molecule has 21 heavy (non-hydrogen) atoms. The smallest absolute Gasteiger partial charge is 0.121 e. The number of benzene rings is 1. The van der Waals surface area contributed by atoms with Crippen molar-refractivity contribution < 1.29 is 4.74 Å². The SMILES string of the molecule is CCNCCc1nc2cc(OCC)ccc2n1CC(C)C. The van der Waals surface area contributed by atoms with Crippen LogP contribution >= 0.6 is 0 Å². The Kier molecular flexibility index (Phi) is 5.62. The van der Waals surface area contributed by atoms with Crippen molar-refractivity contribution in [3.63, 3.8) is 0 Å². The number of hydrogen-bond acceptors (Lipinski definition) is 3. The molecule has 0 saturated heterocycles. The number of aromatic nitrogens is 2. The molecule has 0 saturated carbocycles. The van der Waals surface area contributed by atoms with Crippen LogP contribution in [0.5, 0.6) is 5.75 Å². The van der Waals surface area contributed by atoms with Gasteiger partial charge in [0, 0.05) is 25.6 Å². The quantitative estimate of drug-likeness (QED) is 0.758. The molecule has 0 radical (unpaired) electrons. The molecule has 4 nitrogen and oxygen atoms in total. The maximum atomic E-state index is 5.58. The topological polar surface area (TPSA) is 39.1 Å². The fraction of sp³-hybridized carbons (Fsp3) is 0.588. The van der Waals surface area contributed by atoms with Crippen molar-refractivity contribution in [2.45, 2.75) is 40.7 Å². The second-order valence-electron chi connectivity index (χ2n) is 5.72. The molecule has 0 aliphatic heterocycles. The van der Waals surface area contributed by atoms with E-state index in [1.165, 1.54) is 5.52 Å². The summed E-state index contributed by atoms with van der Waals surface area (Å²) in [6, 6.07) is 6.22. The van der Waals surface area contributed by atoms with Gasteiger partial charge >= 0.3 is 0 Å². The molecule has 2 aromatic rings. The van der Waals surface area contributed by atoms with Gasteiger partial charge in [-0.25, -0.2) is 4.98 Å². The summed E-state index contributed by atoms with van der Waals surface area (Å²) in [4.78, 5) is 4.82. The Bertz CT molecular complexity index is 575. The van der Waals surface area contributed by atoms with Crippen LogP contribution in [0.4, 0.5) is 0 Å². The molecule has 1 aromatic heterocycles. The number of imidazole rings is 1. The molecule has 1 heterocycles. The van der Waals surface area contributed by atoms with Crippen LogP contribution in [-0.2, 0) is 13.0 Å². The van der Waals surface area contributed by atoms with Gasteiger partial charge < -0.3 is 14.6 Å². The fourth-order valence-electron chi connectivity index (χ4n) is 2.55. The Morgan fingerprint density at radius 2 is 2.10 bits per heavy atom. The molecular weight excluding hydrogens is 262 g/mol. The van der Waals surface area contributed by atoms with Crippen LogP contribution in [0.3, 0.4) is 0 Å². The summed E-state index contributed by atoms with van der Waals surface area (Å²) in [6.07, 6.45) is 0.958. The number of ether oxygens (including phenoxy) is 1. The van der Waals surface area contributed by atoms with Gasteiger partial charge in [0.15, 0.2) is 0 Å². The Hall–Kier alpha value is -1.55. The zero-order valence-corrected chi connectivity index (χ0v) is 13.6. The van der Waals surface area contributed by atoms with Crippen LogP contribution < -0.4 is 10.1 Å². The van der Waals surface area contributed by atoms with Crippen molar-refractivity contribution in [3.8, 4) is 5.75 Å². The highest BCUT2D eigenvalue weighted by molar-refractivity contribution is 5.77. The summed E-state index contributed by atoms with van der Waals surface area (Å²) in [6.45, 7) is 12.3. The van der Waals surface area contributed by atoms with Crippen LogP contribution in [-0.4, -0.2) is 29.2 Å². The maximum Gasteiger partial charge on any atom is 0.121 e. The van der Waals surface area contributed by atoms with Crippen molar-refractivity contribution in [1.29, 1.82) is 0 Å². The van der Waals surface area contributed by atoms with Crippen molar-refractivity contribution in [2.75, 3.05) is 19.7 Å². The first-order chi connectivity index (χ1) is 10.2. The lowest BCUT2D eigenvalue weighted by molar-refractivity contribution is 0.340. The van der Waals surface area contributed by atoms with Gasteiger partial charge in [-0.3, -0.25) is 0 Å². The lowest BCUT2D eigenvalue weighted by Gasteiger charge is -2.12. The standard InChI is InChI=1S/C17H27N3O/c1-5-18-10-9-17-19-15-11-14(21-6-2)7-8-16(15)20(17)12-13(3)4/h7-8,11,13,18H,5-6,9-10,12H2,1-4H3. The van der Waals surface area contributed by atoms with E-state index >= 15 is 0 Å². The van der Waals surface area contributed by atoms with Crippen molar-refractivity contribution in [1.82, 2.24) is 14.9 Å². The number of rotatable bonds is 8. The molecule has 0 bridgehead atoms. The highest BCUT2D eigenvalue weighted by Crippen LogP contribution is 2.23. The summed E-state index contributed by atoms with van der Waals surface area (Å²) in [5.74, 6) is 2.66. The van der Waals surface area contributed by atoms with Crippen LogP contribution in [0.2, 0.25) is 0 Å². The number of likely N-dealkylation sites (N-methyl/N-ethyl adjacent to an activating group) is 1. The van der Waals surface area contributed by atoms with Gasteiger partial charge in [0.1, 0.15) is 11.6 Å². The van der Waals surface area contributed by atoms with E-state index in [9.17, 15) is 0 Å². The second kappa shape index (κ2) is 7.46. The fourth-order valence-corrected chi connectivity index (χ4v) is 2.55. The minimum Gasteiger partial charge on any atom is -0.494 e. The van der Waals surface area contributed by atoms with E-state index in [1.54, 1.807) is 0 Å². The summed E-state index contributed by atoms with van der Waals surface area (Å²) >= 11 is 0. The lowest BCUT2D eigenvalue weighted by atomic mass is 10.2. The largest absolute Gasteiger partial charge is 0.494 e. The Labute approximate surface area is 127 Å². The molecule has 116 valence electrons. The average Bonchev–Trinajstić information content (AvgIpc) is 2.76. The monoisotopic (exact) mass is 289 g/mol. The molecular formula is C17H27N3O. The number of nitrogens with one attached hydrogen (secondary N) is 1. The zero-order chi connectivity index (χ0) is 15.2. The van der Waals surface area contributed by atoms with E-state index in [-0.39, 0.29) is 0 Å². The molecule has 4 heteroatoms. The molecule has 1 aromatic carbocycles. The van der Waals surface area contributed by atoms with Gasteiger partial charge in [-0.1, -0.05) is 20.8 Å². The molecule has 2 rings (SSSR count). The van der Waals surface area contributed by atoms with E-state index in [1.807, 2.05) is 19.1 Å². The first-order valence-electron chi connectivity index (χ1n) is 7.98. The van der Waals surface area contributed by atoms with E-state index in [4.69, 9.17) is 9.72 Å². The minimum absolute atomic E-state index is 0.604. The van der Waals surface area contributed by atoms with E-state index in [2.05, 4.69) is 36.7 Å². The molecule has 0 amide bonds. The summed E-state index contributed by atoms with van der Waals surface area (Å²) in [5.41, 5.74) is 2.24. The Balaban J connectivity index is 2.34. The third-order valence-electron chi connectivity index (χ3n) is 3.43. The number of hydrogen-bond donors (Lipinski definition) is 1. The molecule has 0 unspecified atom stereocenters. The van der Waals surface area contributed by atoms with Crippen LogP contribution in [0, 0.1) is 5.92 Å². The molecule has 0 atom stereocenters. The zero-order valence-electron chi connectivity index (χ0n) is 13.6. The van der Waals surface area contributed by atoms with E-state index < -0.39 is 0 Å². The molecule has 0 aliphatic rings. The van der Waals surface area contributed by atoms with Gasteiger partial charge in [0.2, 0.25) is 0 Å².